The Hall–Kier alpha value is -1.27. The third-order valence-corrected chi connectivity index (χ3v) is 2.23. The van der Waals surface area contributed by atoms with Crippen LogP contribution in [-0.4, -0.2) is 6.54 Å². The Kier molecular flexibility index (Phi) is 1.84. The summed E-state index contributed by atoms with van der Waals surface area (Å²) in [6.45, 7) is 1.04. The van der Waals surface area contributed by atoms with Crippen LogP contribution in [0.2, 0.25) is 0 Å². The monoisotopic (exact) mass is 162 g/mol. The van der Waals surface area contributed by atoms with E-state index in [2.05, 4.69) is 5.32 Å². The number of nitrogens with zero attached hydrogens (tertiary/aromatic N) is 1. The summed E-state index contributed by atoms with van der Waals surface area (Å²) in [7, 11) is 0. The molecule has 0 unspecified atom stereocenters. The van der Waals surface area contributed by atoms with Gasteiger partial charge in [-0.2, -0.15) is 5.26 Å². The summed E-state index contributed by atoms with van der Waals surface area (Å²) < 4.78 is 5.03. The van der Waals surface area contributed by atoms with E-state index in [1.54, 1.807) is 6.26 Å². The van der Waals surface area contributed by atoms with E-state index in [1.165, 1.54) is 6.42 Å². The van der Waals surface area contributed by atoms with Crippen LogP contribution in [0.3, 0.4) is 0 Å². The van der Waals surface area contributed by atoms with Gasteiger partial charge >= 0.3 is 0 Å². The number of nitriles is 1. The van der Waals surface area contributed by atoms with Crippen LogP contribution in [0.15, 0.2) is 16.7 Å². The summed E-state index contributed by atoms with van der Waals surface area (Å²) >= 11 is 0. The van der Waals surface area contributed by atoms with Crippen LogP contribution in [-0.2, 0) is 0 Å². The van der Waals surface area contributed by atoms with E-state index in [0.29, 0.717) is 11.8 Å². The van der Waals surface area contributed by atoms with Crippen LogP contribution in [0.4, 0.5) is 0 Å². The van der Waals surface area contributed by atoms with E-state index in [4.69, 9.17) is 9.68 Å². The smallest absolute Gasteiger partial charge is 0.207 e. The third kappa shape index (κ3) is 1.10. The van der Waals surface area contributed by atoms with Gasteiger partial charge < -0.3 is 9.73 Å². The SMILES string of the molecule is N#Cc1occc1[C@H]1CCCN1. The first-order valence-corrected chi connectivity index (χ1v) is 4.12. The number of hydrogen-bond donors (Lipinski definition) is 1. The molecule has 1 atom stereocenters. The molecule has 1 aliphatic heterocycles. The molecule has 0 saturated carbocycles. The van der Waals surface area contributed by atoms with Crippen molar-refractivity contribution in [3.05, 3.63) is 23.7 Å². The highest BCUT2D eigenvalue weighted by Crippen LogP contribution is 2.26. The van der Waals surface area contributed by atoms with Crippen molar-refractivity contribution in [3.8, 4) is 6.07 Å². The zero-order valence-electron chi connectivity index (χ0n) is 6.71. The lowest BCUT2D eigenvalue weighted by Crippen LogP contribution is -2.12. The van der Waals surface area contributed by atoms with Gasteiger partial charge in [-0.05, 0) is 25.5 Å². The molecular weight excluding hydrogens is 152 g/mol. The summed E-state index contributed by atoms with van der Waals surface area (Å²) in [5.74, 6) is 0.453. The average molecular weight is 162 g/mol. The molecule has 3 nitrogen and oxygen atoms in total. The van der Waals surface area contributed by atoms with Gasteiger partial charge in [0.1, 0.15) is 6.07 Å². The summed E-state index contributed by atoms with van der Waals surface area (Å²) in [6, 6.07) is 4.25. The molecule has 0 spiro atoms. The maximum atomic E-state index is 8.70. The first-order chi connectivity index (χ1) is 5.92. The maximum Gasteiger partial charge on any atom is 0.207 e. The van der Waals surface area contributed by atoms with E-state index in [0.717, 1.165) is 18.5 Å². The van der Waals surface area contributed by atoms with Gasteiger partial charge in [-0.3, -0.25) is 0 Å². The summed E-state index contributed by atoms with van der Waals surface area (Å²) in [5.41, 5.74) is 1.01. The highest BCUT2D eigenvalue weighted by molar-refractivity contribution is 5.31. The molecule has 0 aromatic carbocycles. The molecule has 0 radical (unpaired) electrons. The molecule has 0 aliphatic carbocycles. The topological polar surface area (TPSA) is 49.0 Å². The summed E-state index contributed by atoms with van der Waals surface area (Å²) in [6.07, 6.45) is 3.86. The minimum absolute atomic E-state index is 0.332. The zero-order valence-corrected chi connectivity index (χ0v) is 6.71. The van der Waals surface area contributed by atoms with Gasteiger partial charge in [0, 0.05) is 11.6 Å². The number of furan rings is 1. The molecule has 12 heavy (non-hydrogen) atoms. The van der Waals surface area contributed by atoms with Crippen molar-refractivity contribution in [1.82, 2.24) is 5.32 Å². The molecule has 2 rings (SSSR count). The predicted molar refractivity (Wildman–Crippen MR) is 43.4 cm³/mol. The van der Waals surface area contributed by atoms with Crippen LogP contribution in [0.25, 0.3) is 0 Å². The van der Waals surface area contributed by atoms with Gasteiger partial charge in [0.05, 0.1) is 6.26 Å². The molecular formula is C9H10N2O. The van der Waals surface area contributed by atoms with Crippen molar-refractivity contribution in [2.45, 2.75) is 18.9 Å². The Labute approximate surface area is 71.0 Å². The molecule has 0 bridgehead atoms. The van der Waals surface area contributed by atoms with Crippen LogP contribution in [0, 0.1) is 11.3 Å². The molecule has 1 aromatic rings. The third-order valence-electron chi connectivity index (χ3n) is 2.23. The molecule has 1 aliphatic rings. The first-order valence-electron chi connectivity index (χ1n) is 4.12. The lowest BCUT2D eigenvalue weighted by atomic mass is 10.1. The van der Waals surface area contributed by atoms with Crippen molar-refractivity contribution >= 4 is 0 Å². The lowest BCUT2D eigenvalue weighted by Gasteiger charge is -2.06. The summed E-state index contributed by atoms with van der Waals surface area (Å²) in [5, 5.41) is 12.0. The lowest BCUT2D eigenvalue weighted by molar-refractivity contribution is 0.538. The van der Waals surface area contributed by atoms with Gasteiger partial charge in [-0.25, -0.2) is 0 Å². The second kappa shape index (κ2) is 3.00. The van der Waals surface area contributed by atoms with Crippen molar-refractivity contribution in [3.63, 3.8) is 0 Å². The maximum absolute atomic E-state index is 8.70. The van der Waals surface area contributed by atoms with Crippen LogP contribution >= 0.6 is 0 Å². The Morgan fingerprint density at radius 1 is 1.67 bits per heavy atom. The van der Waals surface area contributed by atoms with Gasteiger partial charge in [0.25, 0.3) is 0 Å². The Balaban J connectivity index is 2.27. The quantitative estimate of drug-likeness (QED) is 0.682. The fourth-order valence-corrected chi connectivity index (χ4v) is 1.63. The molecule has 1 saturated heterocycles. The molecule has 0 amide bonds. The number of nitrogens with one attached hydrogen (secondary N) is 1. The molecule has 2 heterocycles. The van der Waals surface area contributed by atoms with Gasteiger partial charge in [0.15, 0.2) is 0 Å². The number of hydrogen-bond acceptors (Lipinski definition) is 3. The normalized spacial score (nSPS) is 22.4. The van der Waals surface area contributed by atoms with Crippen LogP contribution in [0.5, 0.6) is 0 Å². The minimum Gasteiger partial charge on any atom is -0.454 e. The van der Waals surface area contributed by atoms with Gasteiger partial charge in [-0.1, -0.05) is 0 Å². The van der Waals surface area contributed by atoms with Crippen LogP contribution < -0.4 is 5.32 Å². The Bertz CT molecular complexity index is 305. The van der Waals surface area contributed by atoms with Gasteiger partial charge in [0.2, 0.25) is 5.76 Å². The van der Waals surface area contributed by atoms with E-state index in [1.807, 2.05) is 12.1 Å². The highest BCUT2D eigenvalue weighted by atomic mass is 16.3. The fourth-order valence-electron chi connectivity index (χ4n) is 1.63. The van der Waals surface area contributed by atoms with Crippen molar-refractivity contribution in [2.75, 3.05) is 6.54 Å². The van der Waals surface area contributed by atoms with E-state index in [-0.39, 0.29) is 0 Å². The van der Waals surface area contributed by atoms with E-state index < -0.39 is 0 Å². The molecule has 1 fully saturated rings. The standard InChI is InChI=1S/C9H10N2O/c10-6-9-7(3-5-12-9)8-2-1-4-11-8/h3,5,8,11H,1-2,4H2/t8-/m1/s1. The van der Waals surface area contributed by atoms with E-state index in [9.17, 15) is 0 Å². The minimum atomic E-state index is 0.332. The molecule has 62 valence electrons. The predicted octanol–water partition coefficient (Wildman–Crippen LogP) is 1.58. The Morgan fingerprint density at radius 3 is 3.25 bits per heavy atom. The van der Waals surface area contributed by atoms with Crippen LogP contribution in [0.1, 0.15) is 30.2 Å². The van der Waals surface area contributed by atoms with Crippen molar-refractivity contribution < 1.29 is 4.42 Å². The largest absolute Gasteiger partial charge is 0.454 e. The fraction of sp³-hybridized carbons (Fsp3) is 0.444. The second-order valence-electron chi connectivity index (χ2n) is 2.97. The highest BCUT2D eigenvalue weighted by Gasteiger charge is 2.20. The number of rotatable bonds is 1. The molecule has 1 aromatic heterocycles. The van der Waals surface area contributed by atoms with Crippen molar-refractivity contribution in [2.24, 2.45) is 0 Å². The zero-order chi connectivity index (χ0) is 8.39. The first kappa shape index (κ1) is 7.38. The molecule has 1 N–H and O–H groups in total. The average Bonchev–Trinajstić information content (AvgIpc) is 2.74. The van der Waals surface area contributed by atoms with Crippen molar-refractivity contribution in [1.29, 1.82) is 5.26 Å². The molecule has 3 heteroatoms. The summed E-state index contributed by atoms with van der Waals surface area (Å²) in [4.78, 5) is 0. The second-order valence-corrected chi connectivity index (χ2v) is 2.97. The Morgan fingerprint density at radius 2 is 2.58 bits per heavy atom. The van der Waals surface area contributed by atoms with E-state index >= 15 is 0 Å². The van der Waals surface area contributed by atoms with Gasteiger partial charge in [-0.15, -0.1) is 0 Å².